The average molecular weight is 2130 g/mol. The van der Waals surface area contributed by atoms with E-state index in [2.05, 4.69) is 269 Å². The minimum atomic E-state index is -2.91. The molecule has 0 spiro atoms. The summed E-state index contributed by atoms with van der Waals surface area (Å²) in [6.07, 6.45) is 26.2. The summed E-state index contributed by atoms with van der Waals surface area (Å²) in [6, 6.07) is 85.3. The van der Waals surface area contributed by atoms with Gasteiger partial charge in [0.25, 0.3) is 35.4 Å². The molecule has 10 aromatic carbocycles. The number of allylic oxidation sites excluding steroid dienone is 8. The topological polar surface area (TPSA) is 279 Å². The van der Waals surface area contributed by atoms with Gasteiger partial charge in [0, 0.05) is 29.2 Å². The Morgan fingerprint density at radius 2 is 0.761 bits per heavy atom. The first-order valence-electron chi connectivity index (χ1n) is 46.5. The number of nitrogens with two attached hydrogens (primary N) is 1. The number of halogens is 4. The van der Waals surface area contributed by atoms with Crippen LogP contribution < -0.4 is 87.6 Å². The Balaban J connectivity index is 0.000000357. The van der Waals surface area contributed by atoms with Crippen LogP contribution in [0.5, 0.6) is 11.5 Å². The minimum Gasteiger partial charge on any atom is -0.497 e. The Morgan fingerprint density at radius 3 is 1.06 bits per heavy atom. The first-order chi connectivity index (χ1) is 66.9. The van der Waals surface area contributed by atoms with Crippen molar-refractivity contribution in [2.24, 2.45) is 22.0 Å². The molecule has 3 aliphatic carbocycles. The van der Waals surface area contributed by atoms with Crippen molar-refractivity contribution < 1.29 is 107 Å². The van der Waals surface area contributed by atoms with Crippen molar-refractivity contribution in [3.8, 4) is 59.4 Å². The van der Waals surface area contributed by atoms with Crippen molar-refractivity contribution >= 4 is 123 Å². The summed E-state index contributed by atoms with van der Waals surface area (Å²) in [5.41, 5.74) is 32.2. The zero-order valence-electron chi connectivity index (χ0n) is 84.5. The number of aliphatic hydroxyl groups excluding tert-OH is 1. The van der Waals surface area contributed by atoms with E-state index in [9.17, 15) is 33.9 Å². The molecule has 3 aliphatic heterocycles. The van der Waals surface area contributed by atoms with Crippen LogP contribution in [0.2, 0.25) is 0 Å². The van der Waals surface area contributed by atoms with E-state index >= 15 is 0 Å². The molecule has 0 radical (unpaired) electrons. The van der Waals surface area contributed by atoms with Gasteiger partial charge in [-0.1, -0.05) is 214 Å². The Labute approximate surface area is 912 Å². The maximum Gasteiger partial charge on any atom is 1.00 e. The van der Waals surface area contributed by atoms with E-state index in [0.717, 1.165) is 48.4 Å². The summed E-state index contributed by atoms with van der Waals surface area (Å²) in [5.74, 6) is 20.0. The predicted molar refractivity (Wildman–Crippen MR) is 589 cm³/mol. The summed E-state index contributed by atoms with van der Waals surface area (Å²) in [5, 5.41) is 19.2. The molecule has 17 nitrogen and oxygen atoms in total. The molecule has 0 saturated heterocycles. The summed E-state index contributed by atoms with van der Waals surface area (Å²) < 4.78 is 11.1. The molecule has 23 heteroatoms. The molecule has 740 valence electrons. The molecule has 0 unspecified atom stereocenters. The van der Waals surface area contributed by atoms with Crippen molar-refractivity contribution in [1.82, 2.24) is 14.7 Å². The molecule has 0 bridgehead atoms. The summed E-state index contributed by atoms with van der Waals surface area (Å²) in [4.78, 5) is 75.9. The number of imide groups is 3. The molecular formula is C119H134Br2Cl2KN6O11P. The molecule has 6 aliphatic rings. The van der Waals surface area contributed by atoms with E-state index < -0.39 is 10.9 Å². The van der Waals surface area contributed by atoms with Gasteiger partial charge in [0.2, 0.25) is 0 Å². The summed E-state index contributed by atoms with van der Waals surface area (Å²) >= 11 is 17.5. The number of nitrogens with one attached hydrogen (secondary N) is 2. The number of alkyl halides is 2. The van der Waals surface area contributed by atoms with Gasteiger partial charge in [-0.3, -0.25) is 43.5 Å². The second-order valence-corrected chi connectivity index (χ2v) is 47.2. The largest absolute Gasteiger partial charge is 1.00 e. The first-order valence-corrected chi connectivity index (χ1v) is 52.8. The molecule has 0 fully saturated rings. The summed E-state index contributed by atoms with van der Waals surface area (Å²) in [7, 11) is 3.24. The third kappa shape index (κ3) is 34.5. The Hall–Kier alpha value is -10.8. The third-order valence-corrected chi connectivity index (χ3v) is 34.0. The fourth-order valence-electron chi connectivity index (χ4n) is 17.2. The zero-order chi connectivity index (χ0) is 103. The SMILES string of the molecule is C#CCN1C(=O)c2ccccc2C1=O.CC(C)(C)[O-].CC1=C(/C=C/c2cccc(C#CCN)c2)C(C)(C)CCC1.CC1=C(/C=C/c2cccc(C#CCN3C(=O)c4ccccc4C3=O)c2)C(C)(C)CCC1.CC1=C(CP(Br)(c2ccccc2)(c2ccccc2)c2ccccc2)C(C)(C)CCC1.CCO.COc1cccc(Br)c1.COc1cccc(C#CCN2C(=O)c3ccccc3C2=O)c1.ClCCl.N=N.O.[HH].[K+]. The van der Waals surface area contributed by atoms with Crippen molar-refractivity contribution in [3.63, 3.8) is 0 Å². The van der Waals surface area contributed by atoms with Crippen LogP contribution in [-0.4, -0.2) is 125 Å². The fraction of sp³-hybridized carbons (Fsp3) is 0.294. The van der Waals surface area contributed by atoms with Gasteiger partial charge in [0.15, 0.2) is 0 Å². The van der Waals surface area contributed by atoms with Crippen LogP contribution in [-0.2, 0) is 0 Å². The number of amides is 6. The molecule has 142 heavy (non-hydrogen) atoms. The number of terminal acetylenes is 1. The number of ether oxygens (including phenoxy) is 2. The standard InChI is InChI=1S/C28H32BrP.C28H27NO2.C20H25N.C18H13NO3.C11H7NO2.C7H7BrO.C4H9O.C2H6O.CH2Cl2.K.H2N2.H2O.H2/c1-23-14-13-21-28(2,3)27(23)22-30(29,24-15-7-4-8-16-24,25-17-9-5-10-18-25)26-19-11-6-12-20-26;1-20-9-7-17-28(2,3)25(20)16-15-22-11-6-10-21(19-22)12-8-18-29-26(30)23-13-4-5-14-24(23)27(29)31;1-16-7-5-13-20(2,3)19(16)12-11-18-9-4-8-17(15-18)10-6-14-21;1-22-14-8-4-6-13(12-14)7-5-11-19-17(20)15-9-2-3-10-16(15)18(19)21;1-2-7-12-10(13)8-5-3-4-6-9(8)11(12)14;1-9-7-4-2-3-6(8)5-7;1-4(2,3)5;1-2-3;2-1-3;;1-2;;/h4-12,15-20H,13-14,21-22H2,1-3H3;4-6,10-11,13-16,19H,7,9,17-18H2,1-3H3;4,8-9,11-12,15H,5,7,13-14,21H2,1-3H3;2-4,6,8-10,12H,11H2,1H3;1,3-6H,7H2;2-5H,1H3;1-3H3;3H,2H2,1H3;1H2;;1-2H;1H2;1H/q;;;;;;-1;;;+1;;;/b;16-15+;12-11+;;;;;;;;;;. The van der Waals surface area contributed by atoms with Crippen LogP contribution >= 0.6 is 59.9 Å². The number of nitrogens with zero attached hydrogens (tertiary/aromatic N) is 3. The number of hydrogen-bond acceptors (Lipinski definition) is 13. The molecule has 16 rings (SSSR count). The average Bonchev–Trinajstić information content (AvgIpc) is 1.37. The van der Waals surface area contributed by atoms with E-state index in [0.29, 0.717) is 45.7 Å². The normalized spacial score (nSPS) is 14.9. The van der Waals surface area contributed by atoms with Crippen LogP contribution in [0, 0.1) is 75.2 Å². The zero-order valence-corrected chi connectivity index (χ0v) is 93.2. The molecule has 3 heterocycles. The maximum absolute atomic E-state index is 12.4. The number of aliphatic hydroxyl groups is 1. The van der Waals surface area contributed by atoms with Gasteiger partial charge in [-0.2, -0.15) is 0 Å². The second kappa shape index (κ2) is 59.5. The number of carbonyl (C=O) groups is 6. The number of benzene rings is 10. The van der Waals surface area contributed by atoms with Crippen molar-refractivity contribution in [2.75, 3.05) is 58.5 Å². The number of rotatable bonds is 14. The van der Waals surface area contributed by atoms with Gasteiger partial charge in [-0.25, -0.2) is 11.1 Å². The Bertz CT molecular complexity index is 6160. The van der Waals surface area contributed by atoms with Gasteiger partial charge in [0.1, 0.15) is 11.5 Å². The van der Waals surface area contributed by atoms with Gasteiger partial charge in [-0.15, -0.1) is 35.2 Å². The molecule has 10 aromatic rings. The van der Waals surface area contributed by atoms with Crippen molar-refractivity contribution in [3.05, 3.63) is 372 Å². The first kappa shape index (κ1) is 122. The quantitative estimate of drug-likeness (QED) is 0.0151. The molecule has 0 saturated carbocycles. The number of carbonyl (C=O) groups excluding carboxylic acids is 6. The van der Waals surface area contributed by atoms with E-state index in [4.69, 9.17) is 61.0 Å². The van der Waals surface area contributed by atoms with Crippen molar-refractivity contribution in [1.29, 1.82) is 11.1 Å². The van der Waals surface area contributed by atoms with Crippen LogP contribution in [0.15, 0.2) is 311 Å². The smallest absolute Gasteiger partial charge is 0.497 e. The van der Waals surface area contributed by atoms with E-state index in [-0.39, 0.29) is 142 Å². The number of fused-ring (bicyclic) bond motifs is 3. The molecule has 0 aromatic heterocycles. The van der Waals surface area contributed by atoms with Crippen LogP contribution in [0.1, 0.15) is 239 Å². The molecule has 6 amide bonds. The van der Waals surface area contributed by atoms with Crippen LogP contribution in [0.25, 0.3) is 12.2 Å². The van der Waals surface area contributed by atoms with Crippen LogP contribution in [0.4, 0.5) is 0 Å². The number of methoxy groups -OCH3 is 2. The Morgan fingerprint density at radius 1 is 0.472 bits per heavy atom. The molecule has 7 N–H and O–H groups in total. The van der Waals surface area contributed by atoms with E-state index in [1.807, 2.05) is 72.8 Å². The van der Waals surface area contributed by atoms with Gasteiger partial charge >= 0.3 is 242 Å². The van der Waals surface area contributed by atoms with Gasteiger partial charge in [0.05, 0.1) is 79.1 Å². The number of hydrogen-bond donors (Lipinski definition) is 4. The van der Waals surface area contributed by atoms with Crippen molar-refractivity contribution in [2.45, 2.75) is 153 Å². The monoisotopic (exact) mass is 2120 g/mol. The van der Waals surface area contributed by atoms with Gasteiger partial charge in [-0.05, 0) is 189 Å². The Kier molecular flexibility index (Phi) is 50.9. The van der Waals surface area contributed by atoms with E-state index in [1.165, 1.54) is 106 Å². The predicted octanol–water partition coefficient (Wildman–Crippen LogP) is 22.1. The fourth-order valence-corrected chi connectivity index (χ4v) is 25.6. The van der Waals surface area contributed by atoms with E-state index in [1.54, 1.807) is 132 Å². The van der Waals surface area contributed by atoms with Crippen LogP contribution in [0.3, 0.4) is 0 Å². The van der Waals surface area contributed by atoms with Gasteiger partial charge < -0.3 is 30.9 Å². The molecule has 0 atom stereocenters. The third-order valence-electron chi connectivity index (χ3n) is 24.0. The minimum absolute atomic E-state index is 0. The molecular weight excluding hydrogens is 1990 g/mol. The maximum atomic E-state index is 12.4. The summed E-state index contributed by atoms with van der Waals surface area (Å²) in [6.45, 7) is 28.5. The second-order valence-electron chi connectivity index (χ2n) is 36.6.